The Morgan fingerprint density at radius 2 is 1.41 bits per heavy atom. The van der Waals surface area contributed by atoms with Gasteiger partial charge in [-0.1, -0.05) is 99.6 Å². The highest BCUT2D eigenvalue weighted by Gasteiger charge is 2.26. The van der Waals surface area contributed by atoms with Crippen molar-refractivity contribution in [3.8, 4) is 34.0 Å². The fourth-order valence-corrected chi connectivity index (χ4v) is 9.16. The van der Waals surface area contributed by atoms with Gasteiger partial charge in [0.2, 0.25) is 0 Å². The fraction of sp³-hybridized carbons (Fsp3) is 0.0943. The Bertz CT molecular complexity index is 3790. The molecular formula is C53H39N5O. The highest BCUT2D eigenvalue weighted by Crippen LogP contribution is 2.44. The predicted octanol–water partition coefficient (Wildman–Crippen LogP) is 14.0. The second-order valence-corrected chi connectivity index (χ2v) is 16.6. The molecule has 12 aromatic rings. The highest BCUT2D eigenvalue weighted by molar-refractivity contribution is 6.24. The van der Waals surface area contributed by atoms with Crippen molar-refractivity contribution in [3.63, 3.8) is 0 Å². The van der Waals surface area contributed by atoms with Crippen LogP contribution in [0.25, 0.3) is 111 Å². The van der Waals surface area contributed by atoms with Gasteiger partial charge in [0, 0.05) is 54.1 Å². The largest absolute Gasteiger partial charge is 0.455 e. The van der Waals surface area contributed by atoms with Crippen LogP contribution >= 0.6 is 0 Å². The summed E-state index contributed by atoms with van der Waals surface area (Å²) in [5, 5.41) is 6.45. The maximum absolute atomic E-state index is 8.14. The zero-order valence-electron chi connectivity index (χ0n) is 35.7. The molecule has 0 spiro atoms. The topological polar surface area (TPSA) is 64.6 Å². The lowest BCUT2D eigenvalue weighted by molar-refractivity contribution is 0.591. The average Bonchev–Trinajstić information content (AvgIpc) is 4.04. The van der Waals surface area contributed by atoms with Gasteiger partial charge in [-0.15, -0.1) is 0 Å². The normalized spacial score (nSPS) is 13.4. The van der Waals surface area contributed by atoms with Crippen LogP contribution in [0.1, 0.15) is 36.0 Å². The smallest absolute Gasteiger partial charge is 0.147 e. The number of aromatic amines is 1. The third-order valence-corrected chi connectivity index (χ3v) is 12.0. The molecule has 0 unspecified atom stereocenters. The van der Waals surface area contributed by atoms with E-state index < -0.39 is 6.85 Å². The van der Waals surface area contributed by atoms with Gasteiger partial charge in [-0.25, -0.2) is 9.97 Å². The molecule has 0 saturated carbocycles. The SMILES string of the molecule is [2H]C([2H])([2H])c1ccnc(-n2c3ccccc3c3ccc(-c4cccc5c4nc(-c4cc(C(C)(C)C)cc6c4[nH]c4ccc7c8ccccc8oc7c46)n5-c4ccccc4)cc32)c1. The van der Waals surface area contributed by atoms with E-state index in [2.05, 4.69) is 144 Å². The van der Waals surface area contributed by atoms with Crippen LogP contribution < -0.4 is 0 Å². The summed E-state index contributed by atoms with van der Waals surface area (Å²) in [6.07, 6.45) is 1.58. The Labute approximate surface area is 344 Å². The predicted molar refractivity (Wildman–Crippen MR) is 244 cm³/mol. The van der Waals surface area contributed by atoms with Crippen LogP contribution in [-0.4, -0.2) is 24.1 Å². The van der Waals surface area contributed by atoms with Gasteiger partial charge in [0.05, 0.1) is 38.5 Å². The maximum atomic E-state index is 8.14. The van der Waals surface area contributed by atoms with Crippen molar-refractivity contribution in [2.24, 2.45) is 0 Å². The van der Waals surface area contributed by atoms with Crippen molar-refractivity contribution in [3.05, 3.63) is 169 Å². The Hall–Kier alpha value is -7.44. The standard InChI is InChI=1S/C53H39N5O/c1-31-25-26-54-47(27-31)58-43-18-10-8-15-36(43)37-22-21-32(28-45(37)58)35-17-12-19-44-50(35)56-52(57(44)34-13-6-5-7-14-34)41-30-33(53(2,3)4)29-40-48-42(55-49(40)41)24-23-39-38-16-9-11-20-46(38)59-51(39)48/h5-30,55H,1-4H3/i1D3. The van der Waals surface area contributed by atoms with Gasteiger partial charge in [0.15, 0.2) is 0 Å². The zero-order valence-corrected chi connectivity index (χ0v) is 32.7. The van der Waals surface area contributed by atoms with Crippen LogP contribution in [-0.2, 0) is 5.41 Å². The van der Waals surface area contributed by atoms with E-state index in [4.69, 9.17) is 18.5 Å². The van der Waals surface area contributed by atoms with Gasteiger partial charge in [-0.05, 0) is 102 Å². The maximum Gasteiger partial charge on any atom is 0.147 e. The third kappa shape index (κ3) is 4.99. The molecule has 0 fully saturated rings. The van der Waals surface area contributed by atoms with E-state index in [0.29, 0.717) is 5.82 Å². The molecule has 1 N–H and O–H groups in total. The first-order valence-corrected chi connectivity index (χ1v) is 20.0. The molecule has 0 atom stereocenters. The summed E-state index contributed by atoms with van der Waals surface area (Å²) in [6, 6.07) is 52.0. The number of nitrogens with one attached hydrogen (secondary N) is 1. The summed E-state index contributed by atoms with van der Waals surface area (Å²) >= 11 is 0. The number of hydrogen-bond donors (Lipinski definition) is 1. The number of imidazole rings is 1. The van der Waals surface area contributed by atoms with E-state index in [1.54, 1.807) is 18.3 Å². The van der Waals surface area contributed by atoms with E-state index >= 15 is 0 Å². The molecule has 59 heavy (non-hydrogen) atoms. The van der Waals surface area contributed by atoms with Crippen LogP contribution in [0.4, 0.5) is 0 Å². The van der Waals surface area contributed by atoms with Crippen LogP contribution in [0.3, 0.4) is 0 Å². The molecule has 0 saturated heterocycles. The number of aryl methyl sites for hydroxylation is 1. The molecule has 0 bridgehead atoms. The molecule has 6 heteroatoms. The molecule has 0 radical (unpaired) electrons. The van der Waals surface area contributed by atoms with E-state index in [1.165, 1.54) is 5.56 Å². The van der Waals surface area contributed by atoms with Gasteiger partial charge in [0.1, 0.15) is 22.8 Å². The van der Waals surface area contributed by atoms with E-state index in [-0.39, 0.29) is 11.0 Å². The number of para-hydroxylation sites is 4. The van der Waals surface area contributed by atoms with E-state index in [9.17, 15) is 0 Å². The second-order valence-electron chi connectivity index (χ2n) is 16.6. The van der Waals surface area contributed by atoms with Gasteiger partial charge in [-0.3, -0.25) is 9.13 Å². The monoisotopic (exact) mass is 764 g/mol. The number of furan rings is 1. The number of fused-ring (bicyclic) bond motifs is 11. The van der Waals surface area contributed by atoms with Crippen molar-refractivity contribution in [2.45, 2.75) is 33.0 Å². The lowest BCUT2D eigenvalue weighted by Gasteiger charge is -2.21. The Morgan fingerprint density at radius 3 is 2.27 bits per heavy atom. The van der Waals surface area contributed by atoms with Crippen molar-refractivity contribution < 1.29 is 8.53 Å². The molecule has 0 aliphatic rings. The summed E-state index contributed by atoms with van der Waals surface area (Å²) in [6.45, 7) is 4.50. The zero-order chi connectivity index (χ0) is 42.1. The van der Waals surface area contributed by atoms with Gasteiger partial charge in [0.25, 0.3) is 0 Å². The van der Waals surface area contributed by atoms with Gasteiger partial charge >= 0.3 is 0 Å². The minimum Gasteiger partial charge on any atom is -0.455 e. The average molecular weight is 765 g/mol. The quantitative estimate of drug-likeness (QED) is 0.194. The first kappa shape index (κ1) is 30.7. The molecule has 6 nitrogen and oxygen atoms in total. The Morgan fingerprint density at radius 1 is 0.627 bits per heavy atom. The van der Waals surface area contributed by atoms with Crippen molar-refractivity contribution in [2.75, 3.05) is 0 Å². The summed E-state index contributed by atoms with van der Waals surface area (Å²) < 4.78 is 35.4. The van der Waals surface area contributed by atoms with Gasteiger partial charge in [-0.2, -0.15) is 0 Å². The van der Waals surface area contributed by atoms with Crippen LogP contribution in [0.2, 0.25) is 0 Å². The Balaban J connectivity index is 1.14. The number of pyridine rings is 1. The first-order chi connectivity index (χ1) is 30.0. The number of aromatic nitrogens is 5. The van der Waals surface area contributed by atoms with E-state index in [0.717, 1.165) is 105 Å². The number of hydrogen-bond acceptors (Lipinski definition) is 3. The molecule has 0 amide bonds. The molecule has 5 aromatic heterocycles. The molecule has 0 aliphatic carbocycles. The molecule has 0 aliphatic heterocycles. The molecular weight excluding hydrogens is 723 g/mol. The van der Waals surface area contributed by atoms with Crippen LogP contribution in [0.15, 0.2) is 162 Å². The number of rotatable bonds is 4. The van der Waals surface area contributed by atoms with Crippen LogP contribution in [0.5, 0.6) is 0 Å². The third-order valence-electron chi connectivity index (χ3n) is 12.0. The van der Waals surface area contributed by atoms with E-state index in [1.807, 2.05) is 30.3 Å². The van der Waals surface area contributed by atoms with Crippen molar-refractivity contribution >= 4 is 76.6 Å². The van der Waals surface area contributed by atoms with Crippen LogP contribution in [0, 0.1) is 6.85 Å². The first-order valence-electron chi connectivity index (χ1n) is 21.5. The molecule has 282 valence electrons. The minimum atomic E-state index is -2.27. The number of nitrogens with zero attached hydrogens (tertiary/aromatic N) is 4. The summed E-state index contributed by atoms with van der Waals surface area (Å²) in [5.74, 6) is 1.37. The minimum absolute atomic E-state index is 0.172. The second kappa shape index (κ2) is 12.3. The fourth-order valence-electron chi connectivity index (χ4n) is 9.16. The Kier molecular flexibility index (Phi) is 6.38. The molecule has 5 heterocycles. The summed E-state index contributed by atoms with van der Waals surface area (Å²) in [5.41, 5.74) is 12.7. The summed E-state index contributed by atoms with van der Waals surface area (Å²) in [4.78, 5) is 14.2. The number of H-pyrrole nitrogens is 1. The molecule has 7 aromatic carbocycles. The lowest BCUT2D eigenvalue weighted by atomic mass is 9.85. The van der Waals surface area contributed by atoms with Gasteiger partial charge < -0.3 is 9.40 Å². The highest BCUT2D eigenvalue weighted by atomic mass is 16.3. The molecule has 12 rings (SSSR count). The number of benzene rings is 7. The lowest BCUT2D eigenvalue weighted by Crippen LogP contribution is -2.11. The van der Waals surface area contributed by atoms with Crippen molar-refractivity contribution in [1.82, 2.24) is 24.1 Å². The summed E-state index contributed by atoms with van der Waals surface area (Å²) in [7, 11) is 0. The van der Waals surface area contributed by atoms with Crippen molar-refractivity contribution in [1.29, 1.82) is 0 Å².